The fourth-order valence-electron chi connectivity index (χ4n) is 4.30. The maximum absolute atomic E-state index is 13.0. The predicted molar refractivity (Wildman–Crippen MR) is 170 cm³/mol. The van der Waals surface area contributed by atoms with Gasteiger partial charge in [-0.25, -0.2) is 16.8 Å². The van der Waals surface area contributed by atoms with E-state index in [-0.39, 0.29) is 45.2 Å². The quantitative estimate of drug-likeness (QED) is 0.120. The van der Waals surface area contributed by atoms with Crippen LogP contribution in [0.1, 0.15) is 32.6 Å². The van der Waals surface area contributed by atoms with Gasteiger partial charge in [0, 0.05) is 0 Å². The van der Waals surface area contributed by atoms with Crippen LogP contribution < -0.4 is 14.2 Å². The summed E-state index contributed by atoms with van der Waals surface area (Å²) in [4.78, 5) is 0.570. The lowest BCUT2D eigenvalue weighted by Gasteiger charge is -2.10. The van der Waals surface area contributed by atoms with Crippen molar-refractivity contribution in [1.29, 1.82) is 0 Å². The van der Waals surface area contributed by atoms with Crippen LogP contribution in [-0.4, -0.2) is 55.0 Å². The van der Waals surface area contributed by atoms with Crippen molar-refractivity contribution in [1.82, 2.24) is 0 Å². The van der Waals surface area contributed by atoms with Gasteiger partial charge in [-0.15, -0.1) is 0 Å². The average molecular weight is 655 g/mol. The van der Waals surface area contributed by atoms with Crippen LogP contribution >= 0.6 is 0 Å². The van der Waals surface area contributed by atoms with Gasteiger partial charge in [-0.05, 0) is 103 Å². The average Bonchev–Trinajstić information content (AvgIpc) is 3.05. The van der Waals surface area contributed by atoms with Crippen LogP contribution in [0.3, 0.4) is 0 Å². The molecule has 0 unspecified atom stereocenters. The molecule has 1 N–H and O–H groups in total. The smallest absolute Gasteiger partial charge is 0.206 e. The van der Waals surface area contributed by atoms with Gasteiger partial charge in [0.2, 0.25) is 19.7 Å². The molecule has 0 saturated heterocycles. The van der Waals surface area contributed by atoms with Gasteiger partial charge in [0.15, 0.2) is 0 Å². The number of benzene rings is 4. The Morgan fingerprint density at radius 2 is 0.822 bits per heavy atom. The number of phenols is 1. The Hall–Kier alpha value is -4.06. The van der Waals surface area contributed by atoms with Crippen LogP contribution in [0.15, 0.2) is 117 Å². The third kappa shape index (κ3) is 9.71. The van der Waals surface area contributed by atoms with Crippen molar-refractivity contribution in [3.63, 3.8) is 0 Å². The van der Waals surface area contributed by atoms with Gasteiger partial charge in [0.05, 0.1) is 39.4 Å². The van der Waals surface area contributed by atoms with E-state index in [1.807, 2.05) is 0 Å². The maximum atomic E-state index is 13.0. The number of ether oxygens (including phenoxy) is 4. The summed E-state index contributed by atoms with van der Waals surface area (Å²) in [5, 5.41) is 9.38. The molecule has 0 fully saturated rings. The third-order valence-corrected chi connectivity index (χ3v) is 10.4. The molecule has 45 heavy (non-hydrogen) atoms. The van der Waals surface area contributed by atoms with Crippen LogP contribution in [-0.2, 0) is 24.4 Å². The highest BCUT2D eigenvalue weighted by atomic mass is 32.2. The van der Waals surface area contributed by atoms with E-state index in [4.69, 9.17) is 18.9 Å². The normalized spacial score (nSPS) is 11.7. The number of sulfone groups is 2. The van der Waals surface area contributed by atoms with E-state index in [1.165, 1.54) is 55.0 Å². The second kappa shape index (κ2) is 16.3. The summed E-state index contributed by atoms with van der Waals surface area (Å²) in [6.45, 7) is 3.86. The molecule has 9 nitrogen and oxygen atoms in total. The highest BCUT2D eigenvalue weighted by molar-refractivity contribution is 7.91. The zero-order valence-electron chi connectivity index (χ0n) is 25.1. The summed E-state index contributed by atoms with van der Waals surface area (Å²) in [7, 11) is -7.37. The molecule has 0 aliphatic rings. The van der Waals surface area contributed by atoms with Gasteiger partial charge in [0.1, 0.15) is 36.2 Å². The highest BCUT2D eigenvalue weighted by Crippen LogP contribution is 2.26. The summed E-state index contributed by atoms with van der Waals surface area (Å²) < 4.78 is 74.0. The lowest BCUT2D eigenvalue weighted by atomic mass is 10.2. The SMILES string of the molecule is CCCCCCOc1ccc(S(=O)(=O)c2ccc(OCCOCCOc3ccc(S(=O)(=O)c4ccc(O)cc4)cc3)cc2)cc1. The largest absolute Gasteiger partial charge is 0.508 e. The first kappa shape index (κ1) is 33.8. The van der Waals surface area contributed by atoms with Gasteiger partial charge in [-0.3, -0.25) is 0 Å². The molecule has 4 rings (SSSR count). The molecule has 0 aliphatic carbocycles. The molecule has 0 radical (unpaired) electrons. The topological polar surface area (TPSA) is 125 Å². The molecule has 0 spiro atoms. The predicted octanol–water partition coefficient (Wildman–Crippen LogP) is 6.49. The summed E-state index contributed by atoms with van der Waals surface area (Å²) in [5.74, 6) is 1.66. The lowest BCUT2D eigenvalue weighted by molar-refractivity contribution is 0.0764. The first-order chi connectivity index (χ1) is 21.7. The van der Waals surface area contributed by atoms with Crippen molar-refractivity contribution in [2.75, 3.05) is 33.0 Å². The maximum Gasteiger partial charge on any atom is 0.206 e. The number of hydrogen-bond acceptors (Lipinski definition) is 9. The number of rotatable bonds is 18. The monoisotopic (exact) mass is 654 g/mol. The highest BCUT2D eigenvalue weighted by Gasteiger charge is 2.19. The van der Waals surface area contributed by atoms with Crippen LogP contribution in [0.2, 0.25) is 0 Å². The molecule has 4 aromatic rings. The van der Waals surface area contributed by atoms with E-state index in [9.17, 15) is 21.9 Å². The molecule has 240 valence electrons. The number of phenolic OH excluding ortho intramolecular Hbond substituents is 1. The van der Waals surface area contributed by atoms with Crippen molar-refractivity contribution in [3.8, 4) is 23.0 Å². The Balaban J connectivity index is 1.15. The van der Waals surface area contributed by atoms with Crippen LogP contribution in [0.5, 0.6) is 23.0 Å². The molecule has 0 saturated carbocycles. The Kier molecular flexibility index (Phi) is 12.3. The summed E-state index contributed by atoms with van der Waals surface area (Å²) >= 11 is 0. The second-order valence-corrected chi connectivity index (χ2v) is 14.0. The molecule has 0 heterocycles. The van der Waals surface area contributed by atoms with Crippen molar-refractivity contribution < 1.29 is 40.9 Å². The van der Waals surface area contributed by atoms with E-state index in [0.29, 0.717) is 30.5 Å². The number of aromatic hydroxyl groups is 1. The first-order valence-electron chi connectivity index (χ1n) is 14.8. The van der Waals surface area contributed by atoms with E-state index < -0.39 is 19.7 Å². The molecule has 0 aromatic heterocycles. The Bertz CT molecular complexity index is 1680. The molecule has 0 amide bonds. The summed E-state index contributed by atoms with van der Waals surface area (Å²) in [6.07, 6.45) is 4.42. The van der Waals surface area contributed by atoms with Crippen molar-refractivity contribution >= 4 is 19.7 Å². The molecule has 0 aliphatic heterocycles. The van der Waals surface area contributed by atoms with Gasteiger partial charge in [-0.2, -0.15) is 0 Å². The Labute approximate surface area is 265 Å². The van der Waals surface area contributed by atoms with E-state index in [1.54, 1.807) is 48.5 Å². The number of unbranched alkanes of at least 4 members (excludes halogenated alkanes) is 3. The fourth-order valence-corrected chi connectivity index (χ4v) is 6.82. The Morgan fingerprint density at radius 3 is 1.20 bits per heavy atom. The van der Waals surface area contributed by atoms with Gasteiger partial charge in [0.25, 0.3) is 0 Å². The summed E-state index contributed by atoms with van der Waals surface area (Å²) in [5.41, 5.74) is 0. The van der Waals surface area contributed by atoms with Gasteiger partial charge in [-0.1, -0.05) is 26.2 Å². The fraction of sp³-hybridized carbons (Fsp3) is 0.294. The lowest BCUT2D eigenvalue weighted by Crippen LogP contribution is -2.12. The van der Waals surface area contributed by atoms with E-state index >= 15 is 0 Å². The minimum absolute atomic E-state index is 0.00864. The van der Waals surface area contributed by atoms with Crippen LogP contribution in [0, 0.1) is 0 Å². The standard InChI is InChI=1S/C34H38O9S2/c1-2-3-4-5-22-41-28-8-16-33(17-9-28)45(38,39)34-20-12-30(13-21-34)43-26-24-40-23-25-42-29-10-18-32(19-11-29)44(36,37)31-14-6-27(35)7-15-31/h6-21,35H,2-5,22-26H2,1H3. The molecule has 0 atom stereocenters. The second-order valence-electron chi connectivity index (χ2n) is 10.1. The van der Waals surface area contributed by atoms with Crippen molar-refractivity contribution in [2.45, 2.75) is 52.2 Å². The first-order valence-corrected chi connectivity index (χ1v) is 17.7. The van der Waals surface area contributed by atoms with Crippen molar-refractivity contribution in [3.05, 3.63) is 97.1 Å². The minimum atomic E-state index is -3.70. The Morgan fingerprint density at radius 1 is 0.467 bits per heavy atom. The molecular weight excluding hydrogens is 616 g/mol. The molecule has 0 bridgehead atoms. The number of hydrogen-bond donors (Lipinski definition) is 1. The van der Waals surface area contributed by atoms with Gasteiger partial charge >= 0.3 is 0 Å². The molecule has 11 heteroatoms. The van der Waals surface area contributed by atoms with Gasteiger partial charge < -0.3 is 24.1 Å². The minimum Gasteiger partial charge on any atom is -0.508 e. The zero-order valence-corrected chi connectivity index (χ0v) is 26.8. The molecule has 4 aromatic carbocycles. The third-order valence-electron chi connectivity index (χ3n) is 6.81. The van der Waals surface area contributed by atoms with E-state index in [2.05, 4.69) is 6.92 Å². The van der Waals surface area contributed by atoms with Crippen molar-refractivity contribution in [2.24, 2.45) is 0 Å². The molecular formula is C34H38O9S2. The zero-order chi connectivity index (χ0) is 32.1. The van der Waals surface area contributed by atoms with E-state index in [0.717, 1.165) is 19.3 Å². The van der Waals surface area contributed by atoms with Crippen LogP contribution in [0.4, 0.5) is 0 Å². The van der Waals surface area contributed by atoms with Crippen LogP contribution in [0.25, 0.3) is 0 Å². The summed E-state index contributed by atoms with van der Waals surface area (Å²) in [6, 6.07) is 24.1.